The second-order valence-corrected chi connectivity index (χ2v) is 12.4. The van der Waals surface area contributed by atoms with Gasteiger partial charge in [-0.25, -0.2) is 4.98 Å². The number of imidazole rings is 1. The molecule has 1 N–H and O–H groups in total. The van der Waals surface area contributed by atoms with Gasteiger partial charge < -0.3 is 14.8 Å². The van der Waals surface area contributed by atoms with E-state index in [1.54, 1.807) is 0 Å². The number of piperidine rings is 1. The Hall–Kier alpha value is -1.59. The maximum Gasteiger partial charge on any atom is 0.206 e. The van der Waals surface area contributed by atoms with E-state index in [9.17, 15) is 0 Å². The van der Waals surface area contributed by atoms with Gasteiger partial charge in [-0.1, -0.05) is 63.5 Å². The summed E-state index contributed by atoms with van der Waals surface area (Å²) in [5.41, 5.74) is 3.23. The van der Waals surface area contributed by atoms with Crippen molar-refractivity contribution < 1.29 is 0 Å². The molecule has 0 radical (unpaired) electrons. The first-order valence-electron chi connectivity index (χ1n) is 14.9. The molecule has 0 bridgehead atoms. The van der Waals surface area contributed by atoms with Crippen molar-refractivity contribution in [1.29, 1.82) is 0 Å². The molecule has 0 unspecified atom stereocenters. The molecule has 2 aliphatic heterocycles. The molecule has 0 atom stereocenters. The van der Waals surface area contributed by atoms with Crippen LogP contribution in [-0.4, -0.2) is 58.3 Å². The summed E-state index contributed by atoms with van der Waals surface area (Å²) < 4.78 is 2.66. The Balaban J connectivity index is 1.24. The Labute approximate surface area is 212 Å². The summed E-state index contributed by atoms with van der Waals surface area (Å²) in [6, 6.07) is 9.45. The van der Waals surface area contributed by atoms with Crippen LogP contribution >= 0.6 is 0 Å². The summed E-state index contributed by atoms with van der Waals surface area (Å²) in [5.74, 6) is 1.24. The van der Waals surface area contributed by atoms with Crippen LogP contribution in [0.2, 0.25) is 0 Å². The predicted octanol–water partition coefficient (Wildman–Crippen LogP) is 6.29. The van der Waals surface area contributed by atoms with Crippen LogP contribution in [0.4, 0.5) is 5.95 Å². The maximum absolute atomic E-state index is 5.28. The van der Waals surface area contributed by atoms with Crippen molar-refractivity contribution in [3.63, 3.8) is 0 Å². The third kappa shape index (κ3) is 4.75. The third-order valence-electron chi connectivity index (χ3n) is 10.1. The average Bonchev–Trinajstić information content (AvgIpc) is 3.27. The highest BCUT2D eigenvalue weighted by atomic mass is 15.4. The van der Waals surface area contributed by atoms with Crippen molar-refractivity contribution in [2.24, 2.45) is 0 Å². The first-order valence-corrected chi connectivity index (χ1v) is 14.9. The molecule has 3 heterocycles. The van der Waals surface area contributed by atoms with E-state index in [0.29, 0.717) is 17.1 Å². The van der Waals surface area contributed by atoms with Crippen LogP contribution in [0.3, 0.4) is 0 Å². The zero-order valence-electron chi connectivity index (χ0n) is 22.1. The molecule has 35 heavy (non-hydrogen) atoms. The topological polar surface area (TPSA) is 36.3 Å². The van der Waals surface area contributed by atoms with Gasteiger partial charge in [-0.3, -0.25) is 4.90 Å². The van der Waals surface area contributed by atoms with E-state index in [-0.39, 0.29) is 0 Å². The molecule has 2 aromatic rings. The molecule has 4 fully saturated rings. The number of hydrogen-bond acceptors (Lipinski definition) is 4. The van der Waals surface area contributed by atoms with Gasteiger partial charge in [0.05, 0.1) is 11.0 Å². The van der Waals surface area contributed by atoms with Crippen LogP contribution in [0, 0.1) is 0 Å². The lowest BCUT2D eigenvalue weighted by Gasteiger charge is -2.48. The predicted molar refractivity (Wildman–Crippen MR) is 146 cm³/mol. The van der Waals surface area contributed by atoms with E-state index in [4.69, 9.17) is 4.98 Å². The highest BCUT2D eigenvalue weighted by Crippen LogP contribution is 2.39. The van der Waals surface area contributed by atoms with Gasteiger partial charge in [0.15, 0.2) is 0 Å². The third-order valence-corrected chi connectivity index (χ3v) is 10.1. The van der Waals surface area contributed by atoms with Gasteiger partial charge in [0, 0.05) is 49.8 Å². The highest BCUT2D eigenvalue weighted by Gasteiger charge is 2.39. The summed E-state index contributed by atoms with van der Waals surface area (Å²) in [5, 5.41) is 3.94. The van der Waals surface area contributed by atoms with Gasteiger partial charge in [0.25, 0.3) is 0 Å². The number of para-hydroxylation sites is 2. The van der Waals surface area contributed by atoms with Crippen LogP contribution in [0.1, 0.15) is 103 Å². The van der Waals surface area contributed by atoms with E-state index >= 15 is 0 Å². The van der Waals surface area contributed by atoms with Crippen molar-refractivity contribution in [2.75, 3.05) is 37.6 Å². The minimum absolute atomic E-state index is 0.301. The minimum atomic E-state index is 0.301. The largest absolute Gasteiger partial charge is 0.339 e. The highest BCUT2D eigenvalue weighted by molar-refractivity contribution is 5.79. The van der Waals surface area contributed by atoms with Crippen molar-refractivity contribution in [3.8, 4) is 0 Å². The second-order valence-electron chi connectivity index (χ2n) is 12.4. The average molecular weight is 478 g/mol. The molecular formula is C30H47N5. The van der Waals surface area contributed by atoms with E-state index in [0.717, 1.165) is 19.6 Å². The number of fused-ring (bicyclic) bond motifs is 1. The quantitative estimate of drug-likeness (QED) is 0.564. The summed E-state index contributed by atoms with van der Waals surface area (Å²) >= 11 is 0. The standard InChI is InChI=1S/C30H47N5/c1-29(16-8-3-2-4-9-17-29)34-21-14-25(15-22-34)35-27-13-7-6-12-26(27)32-28(35)33-23-20-31-30(24-33)18-10-5-11-19-30/h6-7,12-13,25,31H,2-5,8-11,14-24H2,1H3. The van der Waals surface area contributed by atoms with Crippen molar-refractivity contribution in [1.82, 2.24) is 19.8 Å². The second kappa shape index (κ2) is 10.0. The Morgan fingerprint density at radius 2 is 1.49 bits per heavy atom. The number of likely N-dealkylation sites (tertiary alicyclic amines) is 1. The number of piperazine rings is 1. The normalized spacial score (nSPS) is 26.6. The Morgan fingerprint density at radius 3 is 2.26 bits per heavy atom. The molecule has 2 saturated carbocycles. The van der Waals surface area contributed by atoms with Gasteiger partial charge in [0.1, 0.15) is 0 Å². The fraction of sp³-hybridized carbons (Fsp3) is 0.767. The molecular weight excluding hydrogens is 430 g/mol. The SMILES string of the molecule is CC1(N2CCC(n3c(N4CCNC5(CCCCC5)C4)nc4ccccc43)CC2)CCCCCCC1. The Kier molecular flexibility index (Phi) is 6.83. The maximum atomic E-state index is 5.28. The smallest absolute Gasteiger partial charge is 0.206 e. The fourth-order valence-corrected chi connectivity index (χ4v) is 7.95. The molecule has 5 heteroatoms. The molecule has 1 spiro atoms. The summed E-state index contributed by atoms with van der Waals surface area (Å²) in [4.78, 5) is 10.8. The van der Waals surface area contributed by atoms with Crippen LogP contribution in [-0.2, 0) is 0 Å². The number of hydrogen-bond donors (Lipinski definition) is 1. The van der Waals surface area contributed by atoms with Crippen LogP contribution < -0.4 is 10.2 Å². The van der Waals surface area contributed by atoms with E-state index < -0.39 is 0 Å². The van der Waals surface area contributed by atoms with Crippen molar-refractivity contribution >= 4 is 17.0 Å². The number of benzene rings is 1. The molecule has 192 valence electrons. The summed E-state index contributed by atoms with van der Waals surface area (Å²) in [6.45, 7) is 8.31. The van der Waals surface area contributed by atoms with Gasteiger partial charge >= 0.3 is 0 Å². The molecule has 2 aliphatic carbocycles. The lowest BCUT2D eigenvalue weighted by Crippen LogP contribution is -2.61. The molecule has 1 aromatic heterocycles. The zero-order valence-corrected chi connectivity index (χ0v) is 22.1. The van der Waals surface area contributed by atoms with Crippen molar-refractivity contribution in [3.05, 3.63) is 24.3 Å². The zero-order chi connectivity index (χ0) is 23.7. The fourth-order valence-electron chi connectivity index (χ4n) is 7.95. The first kappa shape index (κ1) is 23.8. The Bertz CT molecular complexity index is 968. The van der Waals surface area contributed by atoms with E-state index in [2.05, 4.69) is 50.9 Å². The Morgan fingerprint density at radius 1 is 0.829 bits per heavy atom. The molecule has 0 amide bonds. The minimum Gasteiger partial charge on any atom is -0.339 e. The lowest BCUT2D eigenvalue weighted by molar-refractivity contribution is 0.0442. The number of rotatable bonds is 3. The van der Waals surface area contributed by atoms with Gasteiger partial charge in [0.2, 0.25) is 5.95 Å². The summed E-state index contributed by atoms with van der Waals surface area (Å²) in [6.07, 6.45) is 19.2. The van der Waals surface area contributed by atoms with Crippen LogP contribution in [0.15, 0.2) is 24.3 Å². The van der Waals surface area contributed by atoms with Crippen LogP contribution in [0.25, 0.3) is 11.0 Å². The van der Waals surface area contributed by atoms with E-state index in [1.807, 2.05) is 0 Å². The molecule has 5 nitrogen and oxygen atoms in total. The van der Waals surface area contributed by atoms with Gasteiger partial charge in [-0.2, -0.15) is 0 Å². The van der Waals surface area contributed by atoms with Crippen molar-refractivity contribution in [2.45, 2.75) is 114 Å². The lowest BCUT2D eigenvalue weighted by atomic mass is 9.80. The van der Waals surface area contributed by atoms with Gasteiger partial charge in [-0.05, 0) is 57.6 Å². The first-order chi connectivity index (χ1) is 17.2. The molecule has 6 rings (SSSR count). The van der Waals surface area contributed by atoms with E-state index in [1.165, 1.54) is 120 Å². The summed E-state index contributed by atoms with van der Waals surface area (Å²) in [7, 11) is 0. The molecule has 1 aromatic carbocycles. The number of nitrogens with one attached hydrogen (secondary N) is 1. The number of anilines is 1. The molecule has 2 saturated heterocycles. The monoisotopic (exact) mass is 477 g/mol. The van der Waals surface area contributed by atoms with Gasteiger partial charge in [-0.15, -0.1) is 0 Å². The van der Waals surface area contributed by atoms with Crippen LogP contribution in [0.5, 0.6) is 0 Å². The molecule has 4 aliphatic rings. The number of aromatic nitrogens is 2. The number of nitrogens with zero attached hydrogens (tertiary/aromatic N) is 4.